The summed E-state index contributed by atoms with van der Waals surface area (Å²) in [5.41, 5.74) is 1.20. The van der Waals surface area contributed by atoms with Crippen molar-refractivity contribution in [3.05, 3.63) is 45.9 Å². The number of para-hydroxylation sites is 1. The Balaban J connectivity index is 1.98. The molecule has 0 aliphatic carbocycles. The molecule has 1 aromatic carbocycles. The maximum absolute atomic E-state index is 9.03. The zero-order valence-corrected chi connectivity index (χ0v) is 9.41. The number of aliphatic hydroxyl groups is 1. The van der Waals surface area contributed by atoms with Gasteiger partial charge in [0.2, 0.25) is 0 Å². The van der Waals surface area contributed by atoms with Gasteiger partial charge in [0.05, 0.1) is 17.4 Å². The zero-order chi connectivity index (χ0) is 11.0. The van der Waals surface area contributed by atoms with E-state index in [0.717, 1.165) is 15.6 Å². The molecule has 1 atom stereocenters. The van der Waals surface area contributed by atoms with Crippen LogP contribution in [0.15, 0.2) is 30.5 Å². The molecule has 1 aliphatic heterocycles. The van der Waals surface area contributed by atoms with Gasteiger partial charge >= 0.3 is 0 Å². The number of ether oxygens (including phenoxy) is 1. The van der Waals surface area contributed by atoms with Crippen LogP contribution in [-0.2, 0) is 6.61 Å². The second-order valence-electron chi connectivity index (χ2n) is 3.72. The van der Waals surface area contributed by atoms with Crippen molar-refractivity contribution in [1.29, 1.82) is 0 Å². The van der Waals surface area contributed by atoms with E-state index in [0.29, 0.717) is 6.61 Å². The predicted molar refractivity (Wildman–Crippen MR) is 61.8 cm³/mol. The summed E-state index contributed by atoms with van der Waals surface area (Å²) in [6.45, 7) is 0.713. The van der Waals surface area contributed by atoms with Crippen molar-refractivity contribution in [2.45, 2.75) is 12.5 Å². The summed E-state index contributed by atoms with van der Waals surface area (Å²) in [6.07, 6.45) is 1.74. The van der Waals surface area contributed by atoms with Gasteiger partial charge in [-0.25, -0.2) is 4.98 Å². The molecule has 0 fully saturated rings. The monoisotopic (exact) mass is 233 g/mol. The van der Waals surface area contributed by atoms with Crippen LogP contribution in [0.2, 0.25) is 0 Å². The fraction of sp³-hybridized carbons (Fsp3) is 0.250. The van der Waals surface area contributed by atoms with Gasteiger partial charge in [0.15, 0.2) is 0 Å². The van der Waals surface area contributed by atoms with Crippen LogP contribution in [-0.4, -0.2) is 16.7 Å². The summed E-state index contributed by atoms with van der Waals surface area (Å²) in [7, 11) is 0. The van der Waals surface area contributed by atoms with Gasteiger partial charge in [0.1, 0.15) is 17.4 Å². The number of aliphatic hydroxyl groups excluding tert-OH is 1. The Kier molecular flexibility index (Phi) is 2.38. The van der Waals surface area contributed by atoms with Gasteiger partial charge in [-0.05, 0) is 6.07 Å². The highest BCUT2D eigenvalue weighted by Gasteiger charge is 2.27. The van der Waals surface area contributed by atoms with E-state index in [9.17, 15) is 0 Å². The first-order valence-electron chi connectivity index (χ1n) is 5.15. The quantitative estimate of drug-likeness (QED) is 0.864. The summed E-state index contributed by atoms with van der Waals surface area (Å²) in [5, 5.41) is 10.1. The molecular formula is C12H11NO2S. The molecule has 82 valence electrons. The standard InChI is InChI=1S/C12H11NO2S/c14-6-8-5-13-12(16-8)10-7-15-11-4-2-1-3-9(10)11/h1-5,10,14H,6-7H2. The molecule has 1 unspecified atom stereocenters. The number of benzene rings is 1. The minimum atomic E-state index is 0.0624. The molecular weight excluding hydrogens is 222 g/mol. The molecule has 2 heterocycles. The summed E-state index contributed by atoms with van der Waals surface area (Å²) in [5.74, 6) is 1.18. The molecule has 0 saturated carbocycles. The first-order valence-corrected chi connectivity index (χ1v) is 5.97. The Bertz CT molecular complexity index is 509. The molecule has 0 radical (unpaired) electrons. The lowest BCUT2D eigenvalue weighted by atomic mass is 10.0. The van der Waals surface area contributed by atoms with E-state index in [1.165, 1.54) is 5.56 Å². The molecule has 1 N–H and O–H groups in total. The van der Waals surface area contributed by atoms with E-state index in [1.54, 1.807) is 17.5 Å². The number of fused-ring (bicyclic) bond motifs is 1. The van der Waals surface area contributed by atoms with Crippen LogP contribution in [0.1, 0.15) is 21.4 Å². The topological polar surface area (TPSA) is 42.4 Å². The van der Waals surface area contributed by atoms with Crippen molar-refractivity contribution in [3.8, 4) is 5.75 Å². The molecule has 4 heteroatoms. The van der Waals surface area contributed by atoms with E-state index < -0.39 is 0 Å². The van der Waals surface area contributed by atoms with E-state index in [1.807, 2.05) is 18.2 Å². The second kappa shape index (κ2) is 3.88. The third-order valence-corrected chi connectivity index (χ3v) is 3.82. The van der Waals surface area contributed by atoms with Crippen LogP contribution in [0, 0.1) is 0 Å². The van der Waals surface area contributed by atoms with Gasteiger partial charge in [0, 0.05) is 11.8 Å². The second-order valence-corrected chi connectivity index (χ2v) is 4.87. The fourth-order valence-corrected chi connectivity index (χ4v) is 2.81. The maximum atomic E-state index is 9.03. The van der Waals surface area contributed by atoms with Gasteiger partial charge in [-0.1, -0.05) is 18.2 Å². The van der Waals surface area contributed by atoms with Crippen LogP contribution in [0.5, 0.6) is 5.75 Å². The number of aromatic nitrogens is 1. The van der Waals surface area contributed by atoms with Crippen LogP contribution >= 0.6 is 11.3 Å². The van der Waals surface area contributed by atoms with Gasteiger partial charge in [-0.2, -0.15) is 0 Å². The SMILES string of the molecule is OCc1cnc(C2COc3ccccc32)s1. The summed E-state index contributed by atoms with van der Waals surface area (Å²) in [6, 6.07) is 8.05. The van der Waals surface area contributed by atoms with Crippen molar-refractivity contribution in [1.82, 2.24) is 4.98 Å². The number of hydrogen-bond donors (Lipinski definition) is 1. The first kappa shape index (κ1) is 9.81. The average molecular weight is 233 g/mol. The van der Waals surface area contributed by atoms with Gasteiger partial charge in [-0.3, -0.25) is 0 Å². The minimum absolute atomic E-state index is 0.0624. The summed E-state index contributed by atoms with van der Waals surface area (Å²) < 4.78 is 5.61. The van der Waals surface area contributed by atoms with E-state index in [2.05, 4.69) is 11.1 Å². The molecule has 2 aromatic rings. The van der Waals surface area contributed by atoms with Crippen LogP contribution in [0.3, 0.4) is 0 Å². The first-order chi connectivity index (χ1) is 7.88. The third kappa shape index (κ3) is 1.50. The number of nitrogens with zero attached hydrogens (tertiary/aromatic N) is 1. The normalized spacial score (nSPS) is 18.2. The molecule has 3 nitrogen and oxygen atoms in total. The van der Waals surface area contributed by atoms with Gasteiger partial charge < -0.3 is 9.84 Å². The highest BCUT2D eigenvalue weighted by Crippen LogP contribution is 2.39. The Hall–Kier alpha value is -1.39. The largest absolute Gasteiger partial charge is 0.492 e. The molecule has 0 saturated heterocycles. The molecule has 1 aromatic heterocycles. The van der Waals surface area contributed by atoms with Crippen molar-refractivity contribution >= 4 is 11.3 Å². The van der Waals surface area contributed by atoms with Crippen LogP contribution in [0.4, 0.5) is 0 Å². The van der Waals surface area contributed by atoms with Gasteiger partial charge in [-0.15, -0.1) is 11.3 Å². The van der Waals surface area contributed by atoms with Crippen molar-refractivity contribution < 1.29 is 9.84 Å². The summed E-state index contributed by atoms with van der Waals surface area (Å²) >= 11 is 1.55. The highest BCUT2D eigenvalue weighted by molar-refractivity contribution is 7.11. The van der Waals surface area contributed by atoms with Crippen molar-refractivity contribution in [2.24, 2.45) is 0 Å². The minimum Gasteiger partial charge on any atom is -0.492 e. The number of hydrogen-bond acceptors (Lipinski definition) is 4. The maximum Gasteiger partial charge on any atom is 0.123 e. The predicted octanol–water partition coefficient (Wildman–Crippen LogP) is 2.16. The Morgan fingerprint density at radius 1 is 1.44 bits per heavy atom. The van der Waals surface area contributed by atoms with Gasteiger partial charge in [0.25, 0.3) is 0 Å². The number of rotatable bonds is 2. The summed E-state index contributed by atoms with van der Waals surface area (Å²) in [4.78, 5) is 5.25. The van der Waals surface area contributed by atoms with Crippen LogP contribution in [0.25, 0.3) is 0 Å². The fourth-order valence-electron chi connectivity index (χ4n) is 1.92. The molecule has 0 bridgehead atoms. The Morgan fingerprint density at radius 2 is 2.31 bits per heavy atom. The third-order valence-electron chi connectivity index (χ3n) is 2.73. The van der Waals surface area contributed by atoms with E-state index >= 15 is 0 Å². The van der Waals surface area contributed by atoms with Crippen LogP contribution < -0.4 is 4.74 Å². The molecule has 0 spiro atoms. The molecule has 16 heavy (non-hydrogen) atoms. The lowest BCUT2D eigenvalue weighted by Gasteiger charge is -2.03. The smallest absolute Gasteiger partial charge is 0.123 e. The Labute approximate surface area is 97.3 Å². The van der Waals surface area contributed by atoms with Crippen molar-refractivity contribution in [3.63, 3.8) is 0 Å². The molecule has 1 aliphatic rings. The lowest BCUT2D eigenvalue weighted by molar-refractivity contribution is 0.285. The van der Waals surface area contributed by atoms with Crippen molar-refractivity contribution in [2.75, 3.05) is 6.61 Å². The number of thiazole rings is 1. The average Bonchev–Trinajstić information content (AvgIpc) is 2.94. The molecule has 3 rings (SSSR count). The Morgan fingerprint density at radius 3 is 3.12 bits per heavy atom. The van der Waals surface area contributed by atoms with E-state index in [4.69, 9.17) is 9.84 Å². The molecule has 0 amide bonds. The van der Waals surface area contributed by atoms with E-state index in [-0.39, 0.29) is 12.5 Å². The zero-order valence-electron chi connectivity index (χ0n) is 8.59. The highest BCUT2D eigenvalue weighted by atomic mass is 32.1. The lowest BCUT2D eigenvalue weighted by Crippen LogP contribution is -2.01.